The third kappa shape index (κ3) is 4.76. The third-order valence-electron chi connectivity index (χ3n) is 3.93. The van der Waals surface area contributed by atoms with Crippen molar-refractivity contribution in [3.8, 4) is 0 Å². The SMILES string of the molecule is Cc1cnccc1NC(=O)C(N)CC1CCCCC1.Cl. The van der Waals surface area contributed by atoms with Crippen LogP contribution in [0.15, 0.2) is 18.5 Å². The van der Waals surface area contributed by atoms with Crippen molar-refractivity contribution in [3.63, 3.8) is 0 Å². The van der Waals surface area contributed by atoms with Crippen molar-refractivity contribution in [1.82, 2.24) is 4.98 Å². The van der Waals surface area contributed by atoms with Crippen LogP contribution in [-0.2, 0) is 4.79 Å². The van der Waals surface area contributed by atoms with E-state index in [0.717, 1.165) is 17.7 Å². The number of nitrogens with two attached hydrogens (primary N) is 1. The number of aromatic nitrogens is 1. The summed E-state index contributed by atoms with van der Waals surface area (Å²) >= 11 is 0. The molecule has 1 fully saturated rings. The Hall–Kier alpha value is -1.13. The predicted molar refractivity (Wildman–Crippen MR) is 84.0 cm³/mol. The van der Waals surface area contributed by atoms with Gasteiger partial charge in [-0.25, -0.2) is 0 Å². The fourth-order valence-electron chi connectivity index (χ4n) is 2.73. The fourth-order valence-corrected chi connectivity index (χ4v) is 2.73. The van der Waals surface area contributed by atoms with Gasteiger partial charge in [-0.3, -0.25) is 9.78 Å². The van der Waals surface area contributed by atoms with Gasteiger partial charge in [-0.2, -0.15) is 0 Å². The van der Waals surface area contributed by atoms with Crippen LogP contribution in [0.5, 0.6) is 0 Å². The second kappa shape index (κ2) is 8.22. The highest BCUT2D eigenvalue weighted by Gasteiger charge is 2.21. The molecule has 3 N–H and O–H groups in total. The topological polar surface area (TPSA) is 68.0 Å². The van der Waals surface area contributed by atoms with Crippen LogP contribution in [0.2, 0.25) is 0 Å². The molecule has 2 rings (SSSR count). The summed E-state index contributed by atoms with van der Waals surface area (Å²) in [5.74, 6) is 0.535. The molecule has 1 saturated carbocycles. The molecule has 4 nitrogen and oxygen atoms in total. The first-order chi connectivity index (χ1) is 9.16. The summed E-state index contributed by atoms with van der Waals surface area (Å²) in [6.45, 7) is 1.93. The Morgan fingerprint density at radius 3 is 2.80 bits per heavy atom. The average Bonchev–Trinajstić information content (AvgIpc) is 2.42. The smallest absolute Gasteiger partial charge is 0.241 e. The number of pyridine rings is 1. The zero-order valence-electron chi connectivity index (χ0n) is 12.0. The van der Waals surface area contributed by atoms with Crippen molar-refractivity contribution < 1.29 is 4.79 Å². The van der Waals surface area contributed by atoms with E-state index in [9.17, 15) is 4.79 Å². The lowest BCUT2D eigenvalue weighted by molar-refractivity contribution is -0.117. The lowest BCUT2D eigenvalue weighted by atomic mass is 9.85. The Morgan fingerprint density at radius 1 is 1.45 bits per heavy atom. The van der Waals surface area contributed by atoms with Crippen molar-refractivity contribution in [3.05, 3.63) is 24.0 Å². The molecule has 1 aromatic rings. The Morgan fingerprint density at radius 2 is 2.15 bits per heavy atom. The van der Waals surface area contributed by atoms with Crippen molar-refractivity contribution in [2.24, 2.45) is 11.7 Å². The van der Waals surface area contributed by atoms with E-state index in [-0.39, 0.29) is 18.3 Å². The van der Waals surface area contributed by atoms with Gasteiger partial charge in [0, 0.05) is 18.1 Å². The second-order valence-corrected chi connectivity index (χ2v) is 5.53. The number of hydrogen-bond donors (Lipinski definition) is 2. The van der Waals surface area contributed by atoms with E-state index in [0.29, 0.717) is 5.92 Å². The number of halogens is 1. The van der Waals surface area contributed by atoms with E-state index in [2.05, 4.69) is 10.3 Å². The molecule has 20 heavy (non-hydrogen) atoms. The van der Waals surface area contributed by atoms with Gasteiger partial charge in [0.2, 0.25) is 5.91 Å². The maximum atomic E-state index is 12.1. The van der Waals surface area contributed by atoms with Gasteiger partial charge in [-0.05, 0) is 30.9 Å². The summed E-state index contributed by atoms with van der Waals surface area (Å²) in [6, 6.07) is 1.40. The number of amides is 1. The van der Waals surface area contributed by atoms with Crippen molar-refractivity contribution in [1.29, 1.82) is 0 Å². The number of aryl methyl sites for hydroxylation is 1. The largest absolute Gasteiger partial charge is 0.324 e. The number of anilines is 1. The Bertz CT molecular complexity index is 433. The molecule has 0 saturated heterocycles. The number of carbonyl (C=O) groups is 1. The molecule has 5 heteroatoms. The van der Waals surface area contributed by atoms with Gasteiger partial charge < -0.3 is 11.1 Å². The number of carbonyl (C=O) groups excluding carboxylic acids is 1. The highest BCUT2D eigenvalue weighted by molar-refractivity contribution is 5.95. The van der Waals surface area contributed by atoms with Gasteiger partial charge in [0.1, 0.15) is 0 Å². The molecule has 0 aliphatic heterocycles. The van der Waals surface area contributed by atoms with E-state index < -0.39 is 6.04 Å². The highest BCUT2D eigenvalue weighted by Crippen LogP contribution is 2.27. The first kappa shape index (κ1) is 16.9. The van der Waals surface area contributed by atoms with Crippen LogP contribution < -0.4 is 11.1 Å². The maximum absolute atomic E-state index is 12.1. The standard InChI is InChI=1S/C15H23N3O.ClH/c1-11-10-17-8-7-14(11)18-15(19)13(16)9-12-5-3-2-4-6-12;/h7-8,10,12-13H,2-6,9,16H2,1H3,(H,17,18,19);1H. The molecular weight excluding hydrogens is 274 g/mol. The van der Waals surface area contributed by atoms with E-state index in [4.69, 9.17) is 5.73 Å². The first-order valence-corrected chi connectivity index (χ1v) is 7.14. The molecule has 0 aromatic carbocycles. The van der Waals surface area contributed by atoms with Crippen LogP contribution in [0.4, 0.5) is 5.69 Å². The second-order valence-electron chi connectivity index (χ2n) is 5.53. The number of nitrogens with zero attached hydrogens (tertiary/aromatic N) is 1. The summed E-state index contributed by atoms with van der Waals surface area (Å²) < 4.78 is 0. The van der Waals surface area contributed by atoms with Crippen molar-refractivity contribution in [2.75, 3.05) is 5.32 Å². The van der Waals surface area contributed by atoms with Gasteiger partial charge in [0.15, 0.2) is 0 Å². The van der Waals surface area contributed by atoms with Crippen LogP contribution in [0.25, 0.3) is 0 Å². The molecule has 1 aromatic heterocycles. The minimum absolute atomic E-state index is 0. The molecule has 1 amide bonds. The monoisotopic (exact) mass is 297 g/mol. The van der Waals surface area contributed by atoms with Crippen LogP contribution in [0.3, 0.4) is 0 Å². The zero-order valence-corrected chi connectivity index (χ0v) is 12.8. The van der Waals surface area contributed by atoms with Gasteiger partial charge >= 0.3 is 0 Å². The van der Waals surface area contributed by atoms with Crippen LogP contribution in [-0.4, -0.2) is 16.9 Å². The van der Waals surface area contributed by atoms with Gasteiger partial charge in [-0.1, -0.05) is 32.1 Å². The normalized spacial score (nSPS) is 17.1. The van der Waals surface area contributed by atoms with E-state index in [1.807, 2.05) is 6.92 Å². The van der Waals surface area contributed by atoms with Crippen LogP contribution >= 0.6 is 12.4 Å². The van der Waals surface area contributed by atoms with Gasteiger partial charge in [0.25, 0.3) is 0 Å². The van der Waals surface area contributed by atoms with Gasteiger partial charge in [0.05, 0.1) is 6.04 Å². The number of nitrogens with one attached hydrogen (secondary N) is 1. The fraction of sp³-hybridized carbons (Fsp3) is 0.600. The quantitative estimate of drug-likeness (QED) is 0.897. The summed E-state index contributed by atoms with van der Waals surface area (Å²) in [4.78, 5) is 16.1. The van der Waals surface area contributed by atoms with Crippen molar-refractivity contribution >= 4 is 24.0 Å². The molecule has 1 heterocycles. The molecular formula is C15H24ClN3O. The summed E-state index contributed by atoms with van der Waals surface area (Å²) in [5, 5.41) is 2.90. The number of rotatable bonds is 4. The molecule has 0 bridgehead atoms. The lowest BCUT2D eigenvalue weighted by Crippen LogP contribution is -2.37. The van der Waals surface area contributed by atoms with Gasteiger partial charge in [-0.15, -0.1) is 12.4 Å². The summed E-state index contributed by atoms with van der Waals surface area (Å²) in [5.41, 5.74) is 7.78. The minimum Gasteiger partial charge on any atom is -0.324 e. The third-order valence-corrected chi connectivity index (χ3v) is 3.93. The average molecular weight is 298 g/mol. The first-order valence-electron chi connectivity index (χ1n) is 7.14. The predicted octanol–water partition coefficient (Wildman–Crippen LogP) is 3.05. The van der Waals surface area contributed by atoms with E-state index in [1.54, 1.807) is 18.5 Å². The molecule has 0 radical (unpaired) electrons. The Balaban J connectivity index is 0.00000200. The molecule has 0 spiro atoms. The minimum atomic E-state index is -0.407. The van der Waals surface area contributed by atoms with Crippen molar-refractivity contribution in [2.45, 2.75) is 51.5 Å². The summed E-state index contributed by atoms with van der Waals surface area (Å²) in [6.07, 6.45) is 10.5. The zero-order chi connectivity index (χ0) is 13.7. The Labute approximate surface area is 126 Å². The van der Waals surface area contributed by atoms with Crippen LogP contribution in [0, 0.1) is 12.8 Å². The molecule has 1 atom stereocenters. The number of hydrogen-bond acceptors (Lipinski definition) is 3. The highest BCUT2D eigenvalue weighted by atomic mass is 35.5. The van der Waals surface area contributed by atoms with E-state index >= 15 is 0 Å². The maximum Gasteiger partial charge on any atom is 0.241 e. The summed E-state index contributed by atoms with van der Waals surface area (Å²) in [7, 11) is 0. The molecule has 1 aliphatic carbocycles. The van der Waals surface area contributed by atoms with E-state index in [1.165, 1.54) is 32.1 Å². The molecule has 1 aliphatic rings. The molecule has 112 valence electrons. The lowest BCUT2D eigenvalue weighted by Gasteiger charge is -2.24. The molecule has 1 unspecified atom stereocenters. The van der Waals surface area contributed by atoms with Crippen LogP contribution in [0.1, 0.15) is 44.1 Å². The Kier molecular flexibility index (Phi) is 6.96.